The number of carbonyl (C=O) groups excluding carboxylic acids is 2. The number of hydrogen-bond acceptors (Lipinski definition) is 5. The number of nitrogens with zero attached hydrogens (tertiary/aromatic N) is 2. The van der Waals surface area contributed by atoms with Gasteiger partial charge in [-0.25, -0.2) is 9.78 Å². The van der Waals surface area contributed by atoms with Crippen molar-refractivity contribution in [2.75, 3.05) is 13.2 Å². The normalized spacial score (nSPS) is 16.5. The second-order valence-corrected chi connectivity index (χ2v) is 10.7. The Labute approximate surface area is 243 Å². The van der Waals surface area contributed by atoms with Crippen LogP contribution in [0.1, 0.15) is 54.6 Å². The van der Waals surface area contributed by atoms with Crippen LogP contribution in [0.25, 0.3) is 22.4 Å². The summed E-state index contributed by atoms with van der Waals surface area (Å²) in [6.07, 6.45) is 2.17. The van der Waals surface area contributed by atoms with Crippen LogP contribution in [0, 0.1) is 0 Å². The minimum absolute atomic E-state index is 0.0466. The van der Waals surface area contributed by atoms with Crippen molar-refractivity contribution in [1.29, 1.82) is 0 Å². The minimum atomic E-state index is -1.04. The number of nitrogens with one attached hydrogen (secondary N) is 2. The highest BCUT2D eigenvalue weighted by molar-refractivity contribution is 5.87. The number of hydrogen-bond donors (Lipinski definition) is 3. The number of alkyl carbamates (subject to hydrolysis) is 1. The smallest absolute Gasteiger partial charge is 0.407 e. The van der Waals surface area contributed by atoms with E-state index in [1.54, 1.807) is 11.1 Å². The molecule has 2 atom stereocenters. The van der Waals surface area contributed by atoms with Gasteiger partial charge in [-0.2, -0.15) is 0 Å². The molecule has 1 aromatic heterocycles. The third-order valence-corrected chi connectivity index (χ3v) is 8.11. The Morgan fingerprint density at radius 1 is 0.976 bits per heavy atom. The number of H-pyrrole nitrogens is 1. The maximum absolute atomic E-state index is 13.8. The molecule has 2 aliphatic rings. The van der Waals surface area contributed by atoms with Gasteiger partial charge in [0.25, 0.3) is 0 Å². The van der Waals surface area contributed by atoms with Crippen LogP contribution < -0.4 is 5.32 Å². The lowest BCUT2D eigenvalue weighted by Gasteiger charge is -2.28. The molecule has 1 saturated heterocycles. The first-order valence-electron chi connectivity index (χ1n) is 14.2. The first-order valence-corrected chi connectivity index (χ1v) is 14.2. The Balaban J connectivity index is 1.15. The van der Waals surface area contributed by atoms with Crippen LogP contribution in [-0.4, -0.2) is 57.1 Å². The van der Waals surface area contributed by atoms with E-state index in [4.69, 9.17) is 4.74 Å². The van der Waals surface area contributed by atoms with Gasteiger partial charge in [0.1, 0.15) is 18.5 Å². The van der Waals surface area contributed by atoms with Crippen LogP contribution in [0.2, 0.25) is 0 Å². The van der Waals surface area contributed by atoms with E-state index in [-0.39, 0.29) is 37.3 Å². The SMILES string of the molecule is O=C(O)CC[C@H](NC(=O)OCC1c2ccccc2-c2ccccc21)C(=O)N1CCC[C@H]1c1ncc(-c2ccccc2)[nH]1. The lowest BCUT2D eigenvalue weighted by atomic mass is 9.98. The summed E-state index contributed by atoms with van der Waals surface area (Å²) < 4.78 is 5.67. The van der Waals surface area contributed by atoms with Crippen LogP contribution in [0.4, 0.5) is 4.79 Å². The molecular weight excluding hydrogens is 532 g/mol. The average Bonchev–Trinajstić information content (AvgIpc) is 3.76. The van der Waals surface area contributed by atoms with E-state index in [0.29, 0.717) is 18.8 Å². The number of imidazole rings is 1. The highest BCUT2D eigenvalue weighted by atomic mass is 16.5. The molecule has 0 unspecified atom stereocenters. The van der Waals surface area contributed by atoms with Gasteiger partial charge in [-0.05, 0) is 47.1 Å². The number of likely N-dealkylation sites (tertiary alicyclic amines) is 1. The monoisotopic (exact) mass is 564 g/mol. The zero-order valence-corrected chi connectivity index (χ0v) is 23.0. The number of carboxylic acid groups (broad SMARTS) is 1. The Morgan fingerprint density at radius 2 is 1.64 bits per heavy atom. The van der Waals surface area contributed by atoms with Crippen LogP contribution in [-0.2, 0) is 14.3 Å². The summed E-state index contributed by atoms with van der Waals surface area (Å²) in [6, 6.07) is 24.5. The standard InChI is InChI=1S/C33H32N4O5/c38-30(39)17-16-27(32(40)37-18-8-15-29(37)31-34-19-28(35-31)21-9-2-1-3-10-21)36-33(41)42-20-26-24-13-6-4-11-22(24)23-12-5-7-14-25(23)26/h1-7,9-14,19,26-27,29H,8,15-18,20H2,(H,34,35)(H,36,41)(H,38,39)/t27-,29-/m0/s1. The molecule has 9 nitrogen and oxygen atoms in total. The number of amides is 2. The fourth-order valence-electron chi connectivity index (χ4n) is 6.09. The fourth-order valence-corrected chi connectivity index (χ4v) is 6.09. The van der Waals surface area contributed by atoms with Crippen molar-refractivity contribution in [1.82, 2.24) is 20.2 Å². The zero-order valence-electron chi connectivity index (χ0n) is 23.0. The van der Waals surface area contributed by atoms with Crippen LogP contribution in [0.15, 0.2) is 85.1 Å². The second kappa shape index (κ2) is 11.9. The molecule has 4 aromatic rings. The van der Waals surface area contributed by atoms with Gasteiger partial charge in [0.05, 0.1) is 17.9 Å². The molecule has 0 saturated carbocycles. The number of carbonyl (C=O) groups is 3. The molecule has 1 aliphatic carbocycles. The molecule has 2 heterocycles. The number of aliphatic carboxylic acids is 1. The van der Waals surface area contributed by atoms with Crippen molar-refractivity contribution in [2.24, 2.45) is 0 Å². The molecule has 3 aromatic carbocycles. The van der Waals surface area contributed by atoms with E-state index < -0.39 is 18.1 Å². The number of ether oxygens (including phenoxy) is 1. The summed E-state index contributed by atoms with van der Waals surface area (Å²) in [7, 11) is 0. The summed E-state index contributed by atoms with van der Waals surface area (Å²) in [4.78, 5) is 47.8. The summed E-state index contributed by atoms with van der Waals surface area (Å²) in [5.41, 5.74) is 6.24. The molecule has 3 N–H and O–H groups in total. The van der Waals surface area contributed by atoms with Gasteiger partial charge < -0.3 is 25.0 Å². The first kappa shape index (κ1) is 27.3. The minimum Gasteiger partial charge on any atom is -0.481 e. The van der Waals surface area contributed by atoms with E-state index in [2.05, 4.69) is 27.4 Å². The lowest BCUT2D eigenvalue weighted by Crippen LogP contribution is -2.49. The second-order valence-electron chi connectivity index (χ2n) is 10.7. The predicted molar refractivity (Wildman–Crippen MR) is 157 cm³/mol. The molecule has 0 radical (unpaired) electrons. The lowest BCUT2D eigenvalue weighted by molar-refractivity contribution is -0.138. The number of fused-ring (bicyclic) bond motifs is 3. The molecule has 42 heavy (non-hydrogen) atoms. The molecule has 2 amide bonds. The predicted octanol–water partition coefficient (Wildman–Crippen LogP) is 5.51. The molecule has 0 spiro atoms. The summed E-state index contributed by atoms with van der Waals surface area (Å²) >= 11 is 0. The van der Waals surface area contributed by atoms with E-state index in [0.717, 1.165) is 39.9 Å². The van der Waals surface area contributed by atoms with Crippen molar-refractivity contribution in [2.45, 2.75) is 43.7 Å². The number of aromatic nitrogens is 2. The van der Waals surface area contributed by atoms with Gasteiger partial charge in [-0.15, -0.1) is 0 Å². The zero-order chi connectivity index (χ0) is 29.1. The first-order chi connectivity index (χ1) is 20.5. The molecular formula is C33H32N4O5. The molecule has 6 rings (SSSR count). The van der Waals surface area contributed by atoms with Crippen LogP contribution >= 0.6 is 0 Å². The van der Waals surface area contributed by atoms with Crippen LogP contribution in [0.3, 0.4) is 0 Å². The van der Waals surface area contributed by atoms with Gasteiger partial charge in [0.2, 0.25) is 5.91 Å². The molecule has 9 heteroatoms. The number of rotatable bonds is 9. The number of carboxylic acids is 1. The summed E-state index contributed by atoms with van der Waals surface area (Å²) in [5, 5.41) is 12.0. The van der Waals surface area contributed by atoms with Gasteiger partial charge in [-0.3, -0.25) is 9.59 Å². The van der Waals surface area contributed by atoms with Crippen molar-refractivity contribution in [3.8, 4) is 22.4 Å². The third-order valence-electron chi connectivity index (χ3n) is 8.11. The molecule has 0 bridgehead atoms. The summed E-state index contributed by atoms with van der Waals surface area (Å²) in [6.45, 7) is 0.585. The van der Waals surface area contributed by atoms with E-state index in [1.807, 2.05) is 66.7 Å². The van der Waals surface area contributed by atoms with Gasteiger partial charge in [0.15, 0.2) is 0 Å². The number of benzene rings is 3. The van der Waals surface area contributed by atoms with Gasteiger partial charge >= 0.3 is 12.1 Å². The summed E-state index contributed by atoms with van der Waals surface area (Å²) in [5.74, 6) is -0.849. The number of aromatic amines is 1. The highest BCUT2D eigenvalue weighted by Gasteiger charge is 2.37. The maximum Gasteiger partial charge on any atom is 0.407 e. The Morgan fingerprint density at radius 3 is 2.33 bits per heavy atom. The Bertz CT molecular complexity index is 1560. The largest absolute Gasteiger partial charge is 0.481 e. The molecule has 214 valence electrons. The van der Waals surface area contributed by atoms with Crippen molar-refractivity contribution < 1.29 is 24.2 Å². The fraction of sp³-hybridized carbons (Fsp3) is 0.273. The Hall–Kier alpha value is -4.92. The maximum atomic E-state index is 13.8. The van der Waals surface area contributed by atoms with Crippen LogP contribution in [0.5, 0.6) is 0 Å². The van der Waals surface area contributed by atoms with Crippen molar-refractivity contribution >= 4 is 18.0 Å². The van der Waals surface area contributed by atoms with Gasteiger partial charge in [-0.1, -0.05) is 78.9 Å². The van der Waals surface area contributed by atoms with Crippen molar-refractivity contribution in [3.63, 3.8) is 0 Å². The van der Waals surface area contributed by atoms with Crippen molar-refractivity contribution in [3.05, 3.63) is 102 Å². The average molecular weight is 565 g/mol. The van der Waals surface area contributed by atoms with E-state index in [9.17, 15) is 19.5 Å². The van der Waals surface area contributed by atoms with Gasteiger partial charge in [0, 0.05) is 18.9 Å². The Kier molecular flexibility index (Phi) is 7.72. The van der Waals surface area contributed by atoms with E-state index in [1.165, 1.54) is 0 Å². The van der Waals surface area contributed by atoms with E-state index >= 15 is 0 Å². The molecule has 1 aliphatic heterocycles. The third kappa shape index (κ3) is 5.50. The molecule has 1 fully saturated rings. The highest BCUT2D eigenvalue weighted by Crippen LogP contribution is 2.44. The topological polar surface area (TPSA) is 125 Å². The quantitative estimate of drug-likeness (QED) is 0.246.